The first-order chi connectivity index (χ1) is 8.98. The van der Waals surface area contributed by atoms with Crippen LogP contribution < -0.4 is 10.5 Å². The second kappa shape index (κ2) is 5.46. The highest BCUT2D eigenvalue weighted by Gasteiger charge is 2.15. The summed E-state index contributed by atoms with van der Waals surface area (Å²) in [5, 5.41) is 0.243. The van der Waals surface area contributed by atoms with Crippen molar-refractivity contribution in [2.45, 2.75) is 5.75 Å². The van der Waals surface area contributed by atoms with Crippen LogP contribution in [0.5, 0.6) is 0 Å². The quantitative estimate of drug-likeness (QED) is 0.848. The van der Waals surface area contributed by atoms with Crippen LogP contribution >= 0.6 is 11.6 Å². The van der Waals surface area contributed by atoms with Crippen LogP contribution in [-0.4, -0.2) is 13.4 Å². The van der Waals surface area contributed by atoms with E-state index in [1.54, 1.807) is 36.4 Å². The number of benzene rings is 1. The molecule has 5 nitrogen and oxygen atoms in total. The Bertz CT molecular complexity index is 635. The van der Waals surface area contributed by atoms with Crippen LogP contribution in [0.25, 0.3) is 0 Å². The van der Waals surface area contributed by atoms with Crippen LogP contribution in [0.1, 0.15) is 5.56 Å². The van der Waals surface area contributed by atoms with Crippen LogP contribution in [0, 0.1) is 0 Å². The number of hydrogen-bond acceptors (Lipinski definition) is 4. The van der Waals surface area contributed by atoms with Crippen LogP contribution in [0.3, 0.4) is 0 Å². The smallest absolute Gasteiger partial charge is 0.238 e. The Morgan fingerprint density at radius 1 is 1.21 bits per heavy atom. The van der Waals surface area contributed by atoms with Crippen LogP contribution in [0.4, 0.5) is 11.5 Å². The molecule has 19 heavy (non-hydrogen) atoms. The van der Waals surface area contributed by atoms with E-state index in [1.807, 2.05) is 0 Å². The minimum atomic E-state index is -3.61. The molecule has 0 aliphatic heterocycles. The van der Waals surface area contributed by atoms with Crippen molar-refractivity contribution in [3.05, 3.63) is 53.2 Å². The van der Waals surface area contributed by atoms with Gasteiger partial charge in [0.1, 0.15) is 0 Å². The molecule has 0 amide bonds. The van der Waals surface area contributed by atoms with E-state index in [-0.39, 0.29) is 16.6 Å². The van der Waals surface area contributed by atoms with Crippen molar-refractivity contribution in [3.8, 4) is 0 Å². The van der Waals surface area contributed by atoms with Gasteiger partial charge in [0.15, 0.2) is 5.82 Å². The Labute approximate surface area is 116 Å². The summed E-state index contributed by atoms with van der Waals surface area (Å²) >= 11 is 5.85. The zero-order chi connectivity index (χ0) is 13.9. The summed E-state index contributed by atoms with van der Waals surface area (Å²) in [7, 11) is -3.61. The van der Waals surface area contributed by atoms with E-state index in [9.17, 15) is 8.42 Å². The number of sulfonamides is 1. The van der Waals surface area contributed by atoms with Gasteiger partial charge in [-0.15, -0.1) is 0 Å². The predicted molar refractivity (Wildman–Crippen MR) is 76.3 cm³/mol. The number of nitrogens with two attached hydrogens (primary N) is 1. The van der Waals surface area contributed by atoms with Crippen LogP contribution in [0.2, 0.25) is 5.02 Å². The first kappa shape index (κ1) is 13.6. The Balaban J connectivity index is 2.21. The zero-order valence-electron chi connectivity index (χ0n) is 9.88. The molecule has 1 aromatic carbocycles. The van der Waals surface area contributed by atoms with Crippen molar-refractivity contribution in [1.29, 1.82) is 0 Å². The molecule has 0 spiro atoms. The van der Waals surface area contributed by atoms with Crippen molar-refractivity contribution in [1.82, 2.24) is 4.98 Å². The molecule has 7 heteroatoms. The van der Waals surface area contributed by atoms with Crippen molar-refractivity contribution in [2.75, 3.05) is 10.5 Å². The first-order valence-electron chi connectivity index (χ1n) is 5.42. The Morgan fingerprint density at radius 3 is 2.63 bits per heavy atom. The Hall–Kier alpha value is -1.79. The highest BCUT2D eigenvalue weighted by atomic mass is 35.5. The predicted octanol–water partition coefficient (Wildman–Crippen LogP) is 2.26. The number of nitrogens with zero attached hydrogens (tertiary/aromatic N) is 1. The minimum absolute atomic E-state index is 0.110. The summed E-state index contributed by atoms with van der Waals surface area (Å²) in [6.07, 6.45) is 1.46. The van der Waals surface area contributed by atoms with Gasteiger partial charge < -0.3 is 5.73 Å². The van der Waals surface area contributed by atoms with Crippen molar-refractivity contribution in [2.24, 2.45) is 0 Å². The fraction of sp³-hybridized carbons (Fsp3) is 0.0833. The van der Waals surface area contributed by atoms with E-state index in [1.165, 1.54) is 6.20 Å². The lowest BCUT2D eigenvalue weighted by Crippen LogP contribution is -2.16. The van der Waals surface area contributed by atoms with E-state index in [0.717, 1.165) is 0 Å². The maximum atomic E-state index is 12.0. The SMILES string of the molecule is Nc1ccccc1CS(=O)(=O)Nc1ncccc1Cl. The number of aromatic nitrogens is 1. The van der Waals surface area contributed by atoms with Gasteiger partial charge in [-0.2, -0.15) is 0 Å². The molecule has 0 atom stereocenters. The number of hydrogen-bond donors (Lipinski definition) is 2. The molecule has 2 rings (SSSR count). The number of halogens is 1. The lowest BCUT2D eigenvalue weighted by Gasteiger charge is -2.09. The monoisotopic (exact) mass is 297 g/mol. The molecule has 0 radical (unpaired) electrons. The Morgan fingerprint density at radius 2 is 1.95 bits per heavy atom. The van der Waals surface area contributed by atoms with E-state index < -0.39 is 10.0 Å². The molecule has 0 aliphatic rings. The normalized spacial score (nSPS) is 11.2. The molecular weight excluding hydrogens is 286 g/mol. The van der Waals surface area contributed by atoms with Gasteiger partial charge in [0, 0.05) is 11.9 Å². The van der Waals surface area contributed by atoms with E-state index in [4.69, 9.17) is 17.3 Å². The number of rotatable bonds is 4. The fourth-order valence-corrected chi connectivity index (χ4v) is 2.94. The second-order valence-electron chi connectivity index (χ2n) is 3.89. The average Bonchev–Trinajstić information content (AvgIpc) is 2.35. The van der Waals surface area contributed by atoms with Gasteiger partial charge in [0.25, 0.3) is 0 Å². The van der Waals surface area contributed by atoms with E-state index >= 15 is 0 Å². The molecule has 0 saturated carbocycles. The number of nitrogen functional groups attached to an aromatic ring is 1. The summed E-state index contributed by atoms with van der Waals surface area (Å²) in [6, 6.07) is 9.97. The lowest BCUT2D eigenvalue weighted by molar-refractivity contribution is 0.600. The largest absolute Gasteiger partial charge is 0.398 e. The highest BCUT2D eigenvalue weighted by molar-refractivity contribution is 7.91. The van der Waals surface area contributed by atoms with Crippen LogP contribution in [0.15, 0.2) is 42.6 Å². The number of pyridine rings is 1. The summed E-state index contributed by atoms with van der Waals surface area (Å²) in [4.78, 5) is 3.87. The topological polar surface area (TPSA) is 85.1 Å². The fourth-order valence-electron chi connectivity index (χ4n) is 1.51. The van der Waals surface area contributed by atoms with Gasteiger partial charge in [0.05, 0.1) is 10.8 Å². The van der Waals surface area contributed by atoms with Crippen molar-refractivity contribution in [3.63, 3.8) is 0 Å². The minimum Gasteiger partial charge on any atom is -0.398 e. The molecule has 3 N–H and O–H groups in total. The molecule has 0 saturated heterocycles. The van der Waals surface area contributed by atoms with Crippen molar-refractivity contribution >= 4 is 33.1 Å². The number of para-hydroxylation sites is 1. The van der Waals surface area contributed by atoms with Gasteiger partial charge in [0.2, 0.25) is 10.0 Å². The second-order valence-corrected chi connectivity index (χ2v) is 6.02. The average molecular weight is 298 g/mol. The Kier molecular flexibility index (Phi) is 3.92. The number of nitrogens with one attached hydrogen (secondary N) is 1. The summed E-state index contributed by atoms with van der Waals surface area (Å²) in [5.74, 6) is -0.120. The maximum Gasteiger partial charge on any atom is 0.238 e. The lowest BCUT2D eigenvalue weighted by atomic mass is 10.2. The first-order valence-corrected chi connectivity index (χ1v) is 7.45. The third kappa shape index (κ3) is 3.59. The standard InChI is InChI=1S/C12H12ClN3O2S/c13-10-5-3-7-15-12(10)16-19(17,18)8-9-4-1-2-6-11(9)14/h1-7H,8,14H2,(H,15,16). The summed E-state index contributed by atoms with van der Waals surface area (Å²) in [5.41, 5.74) is 6.68. The highest BCUT2D eigenvalue weighted by Crippen LogP contribution is 2.21. The number of anilines is 2. The third-order valence-corrected chi connectivity index (χ3v) is 3.91. The van der Waals surface area contributed by atoms with E-state index in [0.29, 0.717) is 11.3 Å². The van der Waals surface area contributed by atoms with Gasteiger partial charge >= 0.3 is 0 Å². The van der Waals surface area contributed by atoms with Gasteiger partial charge in [-0.25, -0.2) is 13.4 Å². The van der Waals surface area contributed by atoms with Gasteiger partial charge in [-0.1, -0.05) is 29.8 Å². The zero-order valence-corrected chi connectivity index (χ0v) is 11.4. The molecule has 0 bridgehead atoms. The molecular formula is C12H12ClN3O2S. The third-order valence-electron chi connectivity index (χ3n) is 2.41. The van der Waals surface area contributed by atoms with Gasteiger partial charge in [-0.3, -0.25) is 4.72 Å². The molecule has 0 unspecified atom stereocenters. The molecule has 0 fully saturated rings. The van der Waals surface area contributed by atoms with E-state index in [2.05, 4.69) is 9.71 Å². The summed E-state index contributed by atoms with van der Waals surface area (Å²) in [6.45, 7) is 0. The molecule has 2 aromatic rings. The van der Waals surface area contributed by atoms with Crippen molar-refractivity contribution < 1.29 is 8.42 Å². The van der Waals surface area contributed by atoms with Gasteiger partial charge in [-0.05, 0) is 23.8 Å². The van der Waals surface area contributed by atoms with Crippen LogP contribution in [-0.2, 0) is 15.8 Å². The molecule has 1 aromatic heterocycles. The maximum absolute atomic E-state index is 12.0. The summed E-state index contributed by atoms with van der Waals surface area (Å²) < 4.78 is 26.4. The molecule has 100 valence electrons. The molecule has 0 aliphatic carbocycles. The molecule has 1 heterocycles.